The number of carbonyl (C=O) groups excluding carboxylic acids is 1. The highest BCUT2D eigenvalue weighted by Crippen LogP contribution is 2.37. The minimum Gasteiger partial charge on any atom is -0.379 e. The van der Waals surface area contributed by atoms with Crippen LogP contribution in [-0.2, 0) is 11.3 Å². The molecule has 1 saturated carbocycles. The van der Waals surface area contributed by atoms with Gasteiger partial charge in [0.1, 0.15) is 29.7 Å². The van der Waals surface area contributed by atoms with Gasteiger partial charge < -0.3 is 30.1 Å². The van der Waals surface area contributed by atoms with Gasteiger partial charge in [0, 0.05) is 61.3 Å². The molecule has 0 unspecified atom stereocenters. The third-order valence-corrected chi connectivity index (χ3v) is 13.4. The maximum Gasteiger partial charge on any atom is 0.284 e. The van der Waals surface area contributed by atoms with Crippen LogP contribution >= 0.6 is 0 Å². The van der Waals surface area contributed by atoms with Gasteiger partial charge in [0.25, 0.3) is 12.3 Å². The van der Waals surface area contributed by atoms with E-state index in [-0.39, 0.29) is 29.2 Å². The first-order valence-corrected chi connectivity index (χ1v) is 22.0. The lowest BCUT2D eigenvalue weighted by Gasteiger charge is -2.36. The Morgan fingerprint density at radius 1 is 0.889 bits per heavy atom. The standard InChI is InChI=1S/C43H52F3N13O4/c44-32-5-6-34-30(20-49-59(34)35-7-8-37(60)52-43(35)62)38(32)28-19-47-56(24-28)23-27-9-12-54(13-10-27)22-26-1-3-29(4-2-26)58-25-33(39(53-58)40(45)46)50-42(61)31-21-48-57-14-11-36(51-41(31)57)55-15-17-63-18-16-55/h5-6,11,14,19-21,24-27,29,35,37,40,43,52,60,62H,1-4,7-10,12-13,15-18,22-23H2,(H,50,61)/t26?,29?,35-,37-,43-/m1/s1. The van der Waals surface area contributed by atoms with Crippen molar-refractivity contribution in [2.45, 2.75) is 88.9 Å². The zero-order valence-corrected chi connectivity index (χ0v) is 34.8. The van der Waals surface area contributed by atoms with Crippen LogP contribution in [0.4, 0.5) is 24.7 Å². The summed E-state index contributed by atoms with van der Waals surface area (Å²) >= 11 is 0. The molecule has 4 aliphatic rings. The molecule has 10 rings (SSSR count). The SMILES string of the molecule is O=C(Nc1cn(C2CCC(CN3CCC(Cn4cc(-c5c(F)ccc6c5cnn6[C@@H]5CC[C@@H](O)N[C@@H]5O)cn4)CC3)CC2)nc1C(F)F)c1cnn2ccc(N3CCOCC3)nc12. The summed E-state index contributed by atoms with van der Waals surface area (Å²) in [6, 6.07) is 4.50. The lowest BCUT2D eigenvalue weighted by Crippen LogP contribution is -2.48. The Morgan fingerprint density at radius 3 is 2.46 bits per heavy atom. The van der Waals surface area contributed by atoms with E-state index in [9.17, 15) is 23.8 Å². The van der Waals surface area contributed by atoms with Gasteiger partial charge in [0.05, 0.1) is 55.1 Å². The van der Waals surface area contributed by atoms with E-state index >= 15 is 4.39 Å². The summed E-state index contributed by atoms with van der Waals surface area (Å²) in [4.78, 5) is 22.8. The fourth-order valence-electron chi connectivity index (χ4n) is 9.98. The molecule has 3 atom stereocenters. The van der Waals surface area contributed by atoms with Crippen LogP contribution in [0, 0.1) is 17.7 Å². The number of aromatic nitrogens is 9. The molecular formula is C43H52F3N13O4. The molecular weight excluding hydrogens is 820 g/mol. The second kappa shape index (κ2) is 17.6. The first-order chi connectivity index (χ1) is 30.6. The molecule has 1 aliphatic carbocycles. The fraction of sp³-hybridized carbons (Fsp3) is 0.535. The van der Waals surface area contributed by atoms with E-state index in [4.69, 9.17) is 4.74 Å². The van der Waals surface area contributed by atoms with Crippen LogP contribution in [0.25, 0.3) is 27.7 Å². The molecule has 3 saturated heterocycles. The molecule has 3 aliphatic heterocycles. The van der Waals surface area contributed by atoms with Gasteiger partial charge in [-0.2, -0.15) is 20.4 Å². The van der Waals surface area contributed by atoms with Crippen LogP contribution < -0.4 is 15.5 Å². The maximum atomic E-state index is 15.4. The smallest absolute Gasteiger partial charge is 0.284 e. The molecule has 0 radical (unpaired) electrons. The monoisotopic (exact) mass is 871 g/mol. The number of morpholine rings is 1. The summed E-state index contributed by atoms with van der Waals surface area (Å²) in [7, 11) is 0. The van der Waals surface area contributed by atoms with Crippen molar-refractivity contribution in [3.05, 3.63) is 72.5 Å². The summed E-state index contributed by atoms with van der Waals surface area (Å²) in [5.41, 5.74) is 1.86. The summed E-state index contributed by atoms with van der Waals surface area (Å²) in [6.45, 7) is 6.18. The predicted octanol–water partition coefficient (Wildman–Crippen LogP) is 5.01. The van der Waals surface area contributed by atoms with Crippen molar-refractivity contribution in [1.82, 2.24) is 54.2 Å². The molecule has 0 spiro atoms. The molecule has 4 fully saturated rings. The van der Waals surface area contributed by atoms with Crippen LogP contribution in [0.15, 0.2) is 55.4 Å². The number of likely N-dealkylation sites (tertiary alicyclic amines) is 1. The second-order valence-electron chi connectivity index (χ2n) is 17.5. The number of hydrogen-bond acceptors (Lipinski definition) is 12. The van der Waals surface area contributed by atoms with Gasteiger partial charge in [-0.05, 0) is 94.5 Å². The number of benzene rings is 1. The maximum absolute atomic E-state index is 15.4. The minimum atomic E-state index is -2.86. The van der Waals surface area contributed by atoms with E-state index in [1.807, 2.05) is 16.9 Å². The summed E-state index contributed by atoms with van der Waals surface area (Å²) < 4.78 is 56.1. The Morgan fingerprint density at radius 2 is 1.68 bits per heavy atom. The molecule has 17 nitrogen and oxygen atoms in total. The quantitative estimate of drug-likeness (QED) is 0.137. The number of fused-ring (bicyclic) bond motifs is 2. The molecule has 5 aromatic heterocycles. The number of halogens is 3. The number of nitrogens with one attached hydrogen (secondary N) is 2. The highest BCUT2D eigenvalue weighted by atomic mass is 19.3. The van der Waals surface area contributed by atoms with Crippen LogP contribution in [0.3, 0.4) is 0 Å². The van der Waals surface area contributed by atoms with Crippen LogP contribution in [0.2, 0.25) is 0 Å². The molecule has 6 aromatic rings. The van der Waals surface area contributed by atoms with Crippen LogP contribution in [0.1, 0.15) is 85.9 Å². The Bertz CT molecular complexity index is 2550. The topological polar surface area (TPSA) is 181 Å². The Labute approximate surface area is 360 Å². The number of rotatable bonds is 11. The zero-order valence-electron chi connectivity index (χ0n) is 34.8. The summed E-state index contributed by atoms with van der Waals surface area (Å²) in [5.74, 6) is 0.672. The van der Waals surface area contributed by atoms with Gasteiger partial charge in [-0.3, -0.25) is 24.2 Å². The van der Waals surface area contributed by atoms with E-state index in [1.54, 1.807) is 34.0 Å². The van der Waals surface area contributed by atoms with Crippen molar-refractivity contribution >= 4 is 34.0 Å². The van der Waals surface area contributed by atoms with Gasteiger partial charge in [-0.25, -0.2) is 22.7 Å². The molecule has 0 bridgehead atoms. The van der Waals surface area contributed by atoms with Crippen molar-refractivity contribution in [3.63, 3.8) is 0 Å². The number of nitrogens with zero attached hydrogens (tertiary/aromatic N) is 11. The first-order valence-electron chi connectivity index (χ1n) is 22.0. The molecule has 20 heteroatoms. The minimum absolute atomic E-state index is 0.0104. The van der Waals surface area contributed by atoms with Crippen molar-refractivity contribution in [2.75, 3.05) is 56.2 Å². The van der Waals surface area contributed by atoms with E-state index in [1.165, 1.54) is 23.0 Å². The largest absolute Gasteiger partial charge is 0.379 e. The average molecular weight is 872 g/mol. The highest BCUT2D eigenvalue weighted by molar-refractivity contribution is 6.08. The van der Waals surface area contributed by atoms with Crippen molar-refractivity contribution in [2.24, 2.45) is 11.8 Å². The number of hydrogen-bond donors (Lipinski definition) is 4. The van der Waals surface area contributed by atoms with Gasteiger partial charge in [0.15, 0.2) is 11.3 Å². The summed E-state index contributed by atoms with van der Waals surface area (Å²) in [5, 5.41) is 44.2. The number of piperidine rings is 2. The third kappa shape index (κ3) is 8.53. The fourth-order valence-corrected chi connectivity index (χ4v) is 9.98. The van der Waals surface area contributed by atoms with Crippen molar-refractivity contribution < 1.29 is 32.9 Å². The van der Waals surface area contributed by atoms with E-state index in [0.29, 0.717) is 84.5 Å². The third-order valence-electron chi connectivity index (χ3n) is 13.4. The highest BCUT2D eigenvalue weighted by Gasteiger charge is 2.32. The van der Waals surface area contributed by atoms with Crippen molar-refractivity contribution in [3.8, 4) is 11.1 Å². The van der Waals surface area contributed by atoms with Gasteiger partial charge in [-0.1, -0.05) is 0 Å². The summed E-state index contributed by atoms with van der Waals surface area (Å²) in [6.07, 6.45) is 11.8. The number of amides is 1. The van der Waals surface area contributed by atoms with Gasteiger partial charge in [-0.15, -0.1) is 0 Å². The number of anilines is 2. The number of alkyl halides is 2. The zero-order chi connectivity index (χ0) is 43.2. The number of carbonyl (C=O) groups is 1. The molecule has 334 valence electrons. The first kappa shape index (κ1) is 41.6. The Balaban J connectivity index is 0.715. The molecule has 63 heavy (non-hydrogen) atoms. The molecule has 4 N–H and O–H groups in total. The average Bonchev–Trinajstić information content (AvgIpc) is 4.11. The number of aliphatic hydroxyl groups is 2. The van der Waals surface area contributed by atoms with E-state index in [2.05, 4.69) is 45.8 Å². The van der Waals surface area contributed by atoms with Gasteiger partial charge in [0.2, 0.25) is 0 Å². The number of aliphatic hydroxyl groups excluding tert-OH is 2. The van der Waals surface area contributed by atoms with Crippen molar-refractivity contribution in [1.29, 1.82) is 0 Å². The Kier molecular flexibility index (Phi) is 11.6. The van der Waals surface area contributed by atoms with E-state index in [0.717, 1.165) is 64.7 Å². The lowest BCUT2D eigenvalue weighted by atomic mass is 9.85. The van der Waals surface area contributed by atoms with Crippen LogP contribution in [0.5, 0.6) is 0 Å². The van der Waals surface area contributed by atoms with E-state index < -0.39 is 30.5 Å². The Hall–Kier alpha value is -5.41. The molecule has 8 heterocycles. The van der Waals surface area contributed by atoms with Gasteiger partial charge >= 0.3 is 0 Å². The molecule has 1 amide bonds. The lowest BCUT2D eigenvalue weighted by molar-refractivity contribution is -0.0296. The predicted molar refractivity (Wildman–Crippen MR) is 226 cm³/mol. The second-order valence-corrected chi connectivity index (χ2v) is 17.5. The molecule has 1 aromatic carbocycles. The normalized spacial score (nSPS) is 24.2. The number of ether oxygens (including phenoxy) is 1. The van der Waals surface area contributed by atoms with Crippen LogP contribution in [-0.4, -0.2) is 123 Å².